The summed E-state index contributed by atoms with van der Waals surface area (Å²) in [7, 11) is 1.87. The SMILES string of the molecule is CN1C(=O)C[C@@H](CN=C(N)Nc2ccc3c(c2)CCC3)[C@@H]1c1ccccc1.I. The van der Waals surface area contributed by atoms with Crippen LogP contribution < -0.4 is 11.1 Å². The average Bonchev–Trinajstić information content (AvgIpc) is 3.25. The molecule has 0 saturated carbocycles. The van der Waals surface area contributed by atoms with Crippen molar-refractivity contribution in [3.63, 3.8) is 0 Å². The molecule has 148 valence electrons. The summed E-state index contributed by atoms with van der Waals surface area (Å²) >= 11 is 0. The second kappa shape index (κ2) is 8.94. The van der Waals surface area contributed by atoms with Gasteiger partial charge in [-0.2, -0.15) is 0 Å². The molecule has 5 nitrogen and oxygen atoms in total. The summed E-state index contributed by atoms with van der Waals surface area (Å²) in [6.07, 6.45) is 4.04. The fourth-order valence-electron chi connectivity index (χ4n) is 4.31. The van der Waals surface area contributed by atoms with E-state index in [-0.39, 0.29) is 41.8 Å². The van der Waals surface area contributed by atoms with E-state index in [0.717, 1.165) is 17.7 Å². The number of nitrogens with one attached hydrogen (secondary N) is 1. The van der Waals surface area contributed by atoms with Crippen LogP contribution in [-0.2, 0) is 17.6 Å². The van der Waals surface area contributed by atoms with Crippen molar-refractivity contribution in [3.05, 3.63) is 65.2 Å². The normalized spacial score (nSPS) is 21.4. The second-order valence-corrected chi connectivity index (χ2v) is 7.51. The summed E-state index contributed by atoms with van der Waals surface area (Å²) in [5.74, 6) is 0.696. The maximum Gasteiger partial charge on any atom is 0.223 e. The predicted octanol–water partition coefficient (Wildman–Crippen LogP) is 3.74. The lowest BCUT2D eigenvalue weighted by Gasteiger charge is -2.24. The van der Waals surface area contributed by atoms with Crippen molar-refractivity contribution < 1.29 is 4.79 Å². The number of rotatable bonds is 4. The van der Waals surface area contributed by atoms with E-state index in [1.165, 1.54) is 24.0 Å². The Balaban J connectivity index is 0.00000225. The van der Waals surface area contributed by atoms with Crippen LogP contribution >= 0.6 is 24.0 Å². The van der Waals surface area contributed by atoms with E-state index in [9.17, 15) is 4.79 Å². The maximum atomic E-state index is 12.2. The quantitative estimate of drug-likeness (QED) is 0.390. The monoisotopic (exact) mass is 490 g/mol. The number of aryl methyl sites for hydroxylation is 2. The van der Waals surface area contributed by atoms with Crippen molar-refractivity contribution in [2.24, 2.45) is 16.6 Å². The first-order chi connectivity index (χ1) is 13.1. The molecule has 1 heterocycles. The van der Waals surface area contributed by atoms with Gasteiger partial charge in [-0.1, -0.05) is 36.4 Å². The van der Waals surface area contributed by atoms with Crippen LogP contribution in [0.4, 0.5) is 5.69 Å². The summed E-state index contributed by atoms with van der Waals surface area (Å²) in [5, 5.41) is 3.20. The fraction of sp³-hybridized carbons (Fsp3) is 0.364. The van der Waals surface area contributed by atoms with Gasteiger partial charge in [0.2, 0.25) is 5.91 Å². The summed E-state index contributed by atoms with van der Waals surface area (Å²) in [4.78, 5) is 18.6. The van der Waals surface area contributed by atoms with Crippen LogP contribution in [0.1, 0.15) is 35.6 Å². The Morgan fingerprint density at radius 2 is 1.93 bits per heavy atom. The first-order valence-electron chi connectivity index (χ1n) is 9.61. The number of carbonyl (C=O) groups excluding carboxylic acids is 1. The van der Waals surface area contributed by atoms with Gasteiger partial charge < -0.3 is 16.0 Å². The first-order valence-corrected chi connectivity index (χ1v) is 9.61. The molecule has 6 heteroatoms. The minimum absolute atomic E-state index is 0. The Morgan fingerprint density at radius 3 is 2.71 bits per heavy atom. The Kier molecular flexibility index (Phi) is 6.59. The molecule has 4 rings (SSSR count). The lowest BCUT2D eigenvalue weighted by atomic mass is 9.94. The zero-order chi connectivity index (χ0) is 18.8. The molecule has 2 aromatic carbocycles. The Bertz CT molecular complexity index is 868. The molecule has 1 aliphatic heterocycles. The molecule has 2 aromatic rings. The lowest BCUT2D eigenvalue weighted by Crippen LogP contribution is -2.27. The maximum absolute atomic E-state index is 12.2. The van der Waals surface area contributed by atoms with Gasteiger partial charge in [-0.15, -0.1) is 24.0 Å². The number of fused-ring (bicyclic) bond motifs is 1. The van der Waals surface area contributed by atoms with Gasteiger partial charge in [0.25, 0.3) is 0 Å². The third-order valence-corrected chi connectivity index (χ3v) is 5.70. The van der Waals surface area contributed by atoms with Gasteiger partial charge in [0.1, 0.15) is 0 Å². The summed E-state index contributed by atoms with van der Waals surface area (Å²) in [6.45, 7) is 0.527. The number of hydrogen-bond donors (Lipinski definition) is 2. The smallest absolute Gasteiger partial charge is 0.223 e. The van der Waals surface area contributed by atoms with Crippen LogP contribution in [0, 0.1) is 5.92 Å². The van der Waals surface area contributed by atoms with Crippen LogP contribution in [0.3, 0.4) is 0 Å². The van der Waals surface area contributed by atoms with Crippen LogP contribution in [0.5, 0.6) is 0 Å². The number of guanidine groups is 1. The van der Waals surface area contributed by atoms with Crippen LogP contribution in [0.2, 0.25) is 0 Å². The molecule has 1 amide bonds. The number of benzene rings is 2. The molecular formula is C22H27IN4O. The van der Waals surface area contributed by atoms with Gasteiger partial charge >= 0.3 is 0 Å². The Hall–Kier alpha value is -2.09. The molecule has 0 unspecified atom stereocenters. The predicted molar refractivity (Wildman–Crippen MR) is 124 cm³/mol. The zero-order valence-corrected chi connectivity index (χ0v) is 18.4. The minimum atomic E-state index is 0. The largest absolute Gasteiger partial charge is 0.370 e. The molecule has 28 heavy (non-hydrogen) atoms. The van der Waals surface area contributed by atoms with E-state index < -0.39 is 0 Å². The minimum Gasteiger partial charge on any atom is -0.370 e. The van der Waals surface area contributed by atoms with Crippen molar-refractivity contribution in [1.82, 2.24) is 4.90 Å². The van der Waals surface area contributed by atoms with Gasteiger partial charge in [0, 0.05) is 31.6 Å². The summed E-state index contributed by atoms with van der Waals surface area (Å²) < 4.78 is 0. The third-order valence-electron chi connectivity index (χ3n) is 5.70. The molecule has 3 N–H and O–H groups in total. The highest BCUT2D eigenvalue weighted by Gasteiger charge is 2.38. The standard InChI is InChI=1S/C22H26N4O.HI/c1-26-20(27)13-18(21(26)16-6-3-2-4-7-16)14-24-22(23)25-19-11-10-15-8-5-9-17(15)12-19;/h2-4,6-7,10-12,18,21H,5,8-9,13-14H2,1H3,(H3,23,24,25);1H/t18-,21-;/m0./s1. The number of halogens is 1. The van der Waals surface area contributed by atoms with Gasteiger partial charge in [0.05, 0.1) is 6.04 Å². The number of nitrogens with two attached hydrogens (primary N) is 1. The van der Waals surface area contributed by atoms with Crippen molar-refractivity contribution in [3.8, 4) is 0 Å². The number of carbonyl (C=O) groups is 1. The van der Waals surface area contributed by atoms with Crippen molar-refractivity contribution in [2.45, 2.75) is 31.7 Å². The van der Waals surface area contributed by atoms with E-state index in [4.69, 9.17) is 5.73 Å². The van der Waals surface area contributed by atoms with Gasteiger partial charge in [0.15, 0.2) is 5.96 Å². The number of hydrogen-bond acceptors (Lipinski definition) is 2. The number of amides is 1. The molecule has 0 bridgehead atoms. The van der Waals surface area contributed by atoms with Gasteiger partial charge in [-0.25, -0.2) is 0 Å². The molecule has 0 aromatic heterocycles. The fourth-order valence-corrected chi connectivity index (χ4v) is 4.31. The molecule has 0 spiro atoms. The third kappa shape index (κ3) is 4.32. The lowest BCUT2D eigenvalue weighted by molar-refractivity contribution is -0.127. The number of nitrogens with zero attached hydrogens (tertiary/aromatic N) is 2. The topological polar surface area (TPSA) is 70.7 Å². The van der Waals surface area contributed by atoms with Crippen molar-refractivity contribution >= 4 is 41.5 Å². The number of likely N-dealkylation sites (tertiary alicyclic amines) is 1. The molecule has 0 radical (unpaired) electrons. The highest BCUT2D eigenvalue weighted by atomic mass is 127. The average molecular weight is 490 g/mol. The highest BCUT2D eigenvalue weighted by Crippen LogP contribution is 2.37. The Morgan fingerprint density at radius 1 is 1.18 bits per heavy atom. The zero-order valence-electron chi connectivity index (χ0n) is 16.1. The number of anilines is 1. The van der Waals surface area contributed by atoms with E-state index in [0.29, 0.717) is 18.9 Å². The van der Waals surface area contributed by atoms with E-state index >= 15 is 0 Å². The van der Waals surface area contributed by atoms with Crippen LogP contribution in [-0.4, -0.2) is 30.4 Å². The van der Waals surface area contributed by atoms with E-state index in [1.54, 1.807) is 0 Å². The van der Waals surface area contributed by atoms with Gasteiger partial charge in [-0.05, 0) is 48.1 Å². The van der Waals surface area contributed by atoms with E-state index in [1.807, 2.05) is 30.1 Å². The van der Waals surface area contributed by atoms with Crippen molar-refractivity contribution in [1.29, 1.82) is 0 Å². The molecular weight excluding hydrogens is 463 g/mol. The molecule has 1 aliphatic carbocycles. The van der Waals surface area contributed by atoms with Crippen molar-refractivity contribution in [2.75, 3.05) is 18.9 Å². The summed E-state index contributed by atoms with van der Waals surface area (Å²) in [5.41, 5.74) is 11.1. The molecule has 2 aliphatic rings. The molecule has 1 saturated heterocycles. The molecule has 2 atom stereocenters. The van der Waals surface area contributed by atoms with E-state index in [2.05, 4.69) is 40.6 Å². The Labute approximate surface area is 183 Å². The van der Waals surface area contributed by atoms with Crippen LogP contribution in [0.25, 0.3) is 0 Å². The van der Waals surface area contributed by atoms with Gasteiger partial charge in [-0.3, -0.25) is 9.79 Å². The van der Waals surface area contributed by atoms with Crippen LogP contribution in [0.15, 0.2) is 53.5 Å². The second-order valence-electron chi connectivity index (χ2n) is 7.51. The highest BCUT2D eigenvalue weighted by molar-refractivity contribution is 14.0. The number of aliphatic imine (C=N–C) groups is 1. The summed E-state index contributed by atoms with van der Waals surface area (Å²) in [6, 6.07) is 16.6. The first kappa shape index (κ1) is 20.6. The molecule has 1 fully saturated rings.